The molecule has 0 aliphatic heterocycles. The fourth-order valence-corrected chi connectivity index (χ4v) is 2.14. The normalized spacial score (nSPS) is 10.4. The van der Waals surface area contributed by atoms with Crippen molar-refractivity contribution in [3.05, 3.63) is 35.9 Å². The minimum atomic E-state index is 0.809. The Balaban J connectivity index is 1.99. The lowest BCUT2D eigenvalue weighted by Crippen LogP contribution is -2.01. The lowest BCUT2D eigenvalue weighted by atomic mass is 10.1. The van der Waals surface area contributed by atoms with Gasteiger partial charge in [-0.2, -0.15) is 11.8 Å². The van der Waals surface area contributed by atoms with Crippen molar-refractivity contribution in [2.45, 2.75) is 19.3 Å². The van der Waals surface area contributed by atoms with Gasteiger partial charge in [0.25, 0.3) is 0 Å². The average Bonchev–Trinajstić information content (AvgIpc) is 2.25. The molecule has 0 radical (unpaired) electrons. The van der Waals surface area contributed by atoms with Crippen LogP contribution in [0.5, 0.6) is 0 Å². The second-order valence-corrected chi connectivity index (χ2v) is 4.57. The van der Waals surface area contributed by atoms with Gasteiger partial charge in [0.15, 0.2) is 0 Å². The highest BCUT2D eigenvalue weighted by molar-refractivity contribution is 7.99. The van der Waals surface area contributed by atoms with Crippen LogP contribution in [0, 0.1) is 0 Å². The Labute approximate surface area is 91.1 Å². The second kappa shape index (κ2) is 7.89. The first kappa shape index (κ1) is 11.6. The predicted molar refractivity (Wildman–Crippen MR) is 65.8 cm³/mol. The lowest BCUT2D eigenvalue weighted by Gasteiger charge is -2.01. The fraction of sp³-hybridized carbons (Fsp3) is 0.500. The molecule has 0 bridgehead atoms. The van der Waals surface area contributed by atoms with Crippen LogP contribution in [0.25, 0.3) is 0 Å². The van der Waals surface area contributed by atoms with Gasteiger partial charge in [0.1, 0.15) is 0 Å². The van der Waals surface area contributed by atoms with E-state index in [4.69, 9.17) is 5.73 Å². The van der Waals surface area contributed by atoms with Crippen molar-refractivity contribution in [2.75, 3.05) is 18.1 Å². The summed E-state index contributed by atoms with van der Waals surface area (Å²) in [5.41, 5.74) is 6.87. The number of benzene rings is 1. The van der Waals surface area contributed by atoms with Gasteiger partial charge >= 0.3 is 0 Å². The zero-order valence-corrected chi connectivity index (χ0v) is 9.43. The van der Waals surface area contributed by atoms with E-state index in [9.17, 15) is 0 Å². The van der Waals surface area contributed by atoms with E-state index in [0.29, 0.717) is 0 Å². The molecular formula is C12H19NS. The molecule has 0 heterocycles. The topological polar surface area (TPSA) is 26.0 Å². The summed E-state index contributed by atoms with van der Waals surface area (Å²) < 4.78 is 0. The van der Waals surface area contributed by atoms with Crippen molar-refractivity contribution < 1.29 is 0 Å². The maximum atomic E-state index is 5.41. The Morgan fingerprint density at radius 3 is 2.50 bits per heavy atom. The number of unbranched alkanes of at least 4 members (excludes halogenated alkanes) is 1. The van der Waals surface area contributed by atoms with E-state index in [-0.39, 0.29) is 0 Å². The van der Waals surface area contributed by atoms with E-state index in [0.717, 1.165) is 12.3 Å². The number of hydrogen-bond acceptors (Lipinski definition) is 2. The SMILES string of the molecule is NCCSCCCCc1ccccc1. The molecule has 0 aromatic heterocycles. The van der Waals surface area contributed by atoms with Crippen LogP contribution in [0.1, 0.15) is 18.4 Å². The number of aryl methyl sites for hydroxylation is 1. The molecule has 0 spiro atoms. The Hall–Kier alpha value is -0.470. The smallest absolute Gasteiger partial charge is 0.00558 e. The predicted octanol–water partition coefficient (Wildman–Crippen LogP) is 2.70. The highest BCUT2D eigenvalue weighted by Gasteiger charge is 1.92. The molecule has 14 heavy (non-hydrogen) atoms. The zero-order valence-electron chi connectivity index (χ0n) is 8.61. The third-order valence-corrected chi connectivity index (χ3v) is 3.21. The fourth-order valence-electron chi connectivity index (χ4n) is 1.36. The maximum Gasteiger partial charge on any atom is 0.00558 e. The van der Waals surface area contributed by atoms with Crippen LogP contribution in [0.2, 0.25) is 0 Å². The molecule has 1 aromatic rings. The molecule has 0 aliphatic carbocycles. The zero-order chi connectivity index (χ0) is 10.1. The van der Waals surface area contributed by atoms with Crippen LogP contribution < -0.4 is 5.73 Å². The third-order valence-electron chi connectivity index (χ3n) is 2.11. The van der Waals surface area contributed by atoms with Gasteiger partial charge in [0.05, 0.1) is 0 Å². The van der Waals surface area contributed by atoms with Gasteiger partial charge in [-0.1, -0.05) is 30.3 Å². The van der Waals surface area contributed by atoms with E-state index >= 15 is 0 Å². The van der Waals surface area contributed by atoms with Crippen LogP contribution in [-0.4, -0.2) is 18.1 Å². The van der Waals surface area contributed by atoms with Gasteiger partial charge in [0, 0.05) is 12.3 Å². The molecule has 0 saturated heterocycles. The molecule has 0 unspecified atom stereocenters. The van der Waals surface area contributed by atoms with Crippen molar-refractivity contribution in [3.8, 4) is 0 Å². The van der Waals surface area contributed by atoms with Crippen LogP contribution in [-0.2, 0) is 6.42 Å². The summed E-state index contributed by atoms with van der Waals surface area (Å²) in [4.78, 5) is 0. The number of thioether (sulfide) groups is 1. The molecule has 1 aromatic carbocycles. The van der Waals surface area contributed by atoms with E-state index < -0.39 is 0 Å². The summed E-state index contributed by atoms with van der Waals surface area (Å²) in [6.45, 7) is 0.809. The summed E-state index contributed by atoms with van der Waals surface area (Å²) in [6, 6.07) is 10.7. The maximum absolute atomic E-state index is 5.41. The molecule has 0 fully saturated rings. The van der Waals surface area contributed by atoms with Crippen LogP contribution in [0.4, 0.5) is 0 Å². The van der Waals surface area contributed by atoms with E-state index in [1.165, 1.54) is 30.6 Å². The number of rotatable bonds is 7. The Morgan fingerprint density at radius 1 is 1.00 bits per heavy atom. The van der Waals surface area contributed by atoms with Gasteiger partial charge in [-0.3, -0.25) is 0 Å². The third kappa shape index (κ3) is 5.30. The van der Waals surface area contributed by atoms with Crippen LogP contribution in [0.15, 0.2) is 30.3 Å². The molecule has 78 valence electrons. The Morgan fingerprint density at radius 2 is 1.79 bits per heavy atom. The second-order valence-electron chi connectivity index (χ2n) is 3.34. The van der Waals surface area contributed by atoms with Crippen LogP contribution >= 0.6 is 11.8 Å². The highest BCUT2D eigenvalue weighted by atomic mass is 32.2. The first-order chi connectivity index (χ1) is 6.93. The van der Waals surface area contributed by atoms with Crippen molar-refractivity contribution in [3.63, 3.8) is 0 Å². The van der Waals surface area contributed by atoms with Gasteiger partial charge < -0.3 is 5.73 Å². The summed E-state index contributed by atoms with van der Waals surface area (Å²) in [7, 11) is 0. The Bertz CT molecular complexity index is 223. The van der Waals surface area contributed by atoms with Crippen LogP contribution in [0.3, 0.4) is 0 Å². The number of nitrogens with two attached hydrogens (primary N) is 1. The molecule has 2 heteroatoms. The summed E-state index contributed by atoms with van der Waals surface area (Å²) in [6.07, 6.45) is 3.81. The van der Waals surface area contributed by atoms with Crippen molar-refractivity contribution in [1.82, 2.24) is 0 Å². The summed E-state index contributed by atoms with van der Waals surface area (Å²) >= 11 is 1.96. The van der Waals surface area contributed by atoms with Gasteiger partial charge in [-0.05, 0) is 30.6 Å². The van der Waals surface area contributed by atoms with E-state index in [1.54, 1.807) is 0 Å². The molecule has 0 amide bonds. The molecular weight excluding hydrogens is 190 g/mol. The number of hydrogen-bond donors (Lipinski definition) is 1. The summed E-state index contributed by atoms with van der Waals surface area (Å²) in [5, 5.41) is 0. The van der Waals surface area contributed by atoms with Crippen molar-refractivity contribution in [1.29, 1.82) is 0 Å². The molecule has 0 atom stereocenters. The monoisotopic (exact) mass is 209 g/mol. The van der Waals surface area contributed by atoms with Gasteiger partial charge in [0.2, 0.25) is 0 Å². The lowest BCUT2D eigenvalue weighted by molar-refractivity contribution is 0.802. The van der Waals surface area contributed by atoms with Gasteiger partial charge in [-0.15, -0.1) is 0 Å². The molecule has 0 saturated carbocycles. The minimum absolute atomic E-state index is 0.809. The Kier molecular flexibility index (Phi) is 6.54. The first-order valence-electron chi connectivity index (χ1n) is 5.25. The standard InChI is InChI=1S/C12H19NS/c13-9-11-14-10-5-4-8-12-6-2-1-3-7-12/h1-3,6-7H,4-5,8-11,13H2. The molecule has 2 N–H and O–H groups in total. The average molecular weight is 209 g/mol. The van der Waals surface area contributed by atoms with Gasteiger partial charge in [-0.25, -0.2) is 0 Å². The molecule has 0 aliphatic rings. The minimum Gasteiger partial charge on any atom is -0.330 e. The largest absolute Gasteiger partial charge is 0.330 e. The molecule has 1 rings (SSSR count). The summed E-state index contributed by atoms with van der Waals surface area (Å²) in [5.74, 6) is 2.36. The molecule has 1 nitrogen and oxygen atoms in total. The highest BCUT2D eigenvalue weighted by Crippen LogP contribution is 2.08. The van der Waals surface area contributed by atoms with Crippen molar-refractivity contribution >= 4 is 11.8 Å². The first-order valence-corrected chi connectivity index (χ1v) is 6.40. The van der Waals surface area contributed by atoms with E-state index in [2.05, 4.69) is 30.3 Å². The van der Waals surface area contributed by atoms with E-state index in [1.807, 2.05) is 11.8 Å². The van der Waals surface area contributed by atoms with Crippen molar-refractivity contribution in [2.24, 2.45) is 5.73 Å². The quantitative estimate of drug-likeness (QED) is 0.699.